The van der Waals surface area contributed by atoms with E-state index in [4.69, 9.17) is 21.2 Å². The number of oxime groups is 1. The lowest BCUT2D eigenvalue weighted by Crippen LogP contribution is -2.26. The van der Waals surface area contributed by atoms with Crippen molar-refractivity contribution in [3.63, 3.8) is 0 Å². The summed E-state index contributed by atoms with van der Waals surface area (Å²) in [7, 11) is 1.55. The SMILES string of the molecule is COc1ccc(C)cc1NC(=O)[C@H](C)O/N=C\c1ccc(Cl)cc1. The zero-order chi connectivity index (χ0) is 17.5. The van der Waals surface area contributed by atoms with E-state index in [0.29, 0.717) is 16.5 Å². The van der Waals surface area contributed by atoms with E-state index in [1.54, 1.807) is 44.4 Å². The molecule has 0 aliphatic rings. The summed E-state index contributed by atoms with van der Waals surface area (Å²) < 4.78 is 5.23. The highest BCUT2D eigenvalue weighted by molar-refractivity contribution is 6.30. The number of rotatable bonds is 6. The van der Waals surface area contributed by atoms with Crippen LogP contribution in [0.1, 0.15) is 18.1 Å². The second-order valence-corrected chi connectivity index (χ2v) is 5.66. The largest absolute Gasteiger partial charge is 0.495 e. The molecule has 0 heterocycles. The molecule has 2 rings (SSSR count). The number of carbonyl (C=O) groups is 1. The summed E-state index contributed by atoms with van der Waals surface area (Å²) in [6, 6.07) is 12.7. The Morgan fingerprint density at radius 3 is 2.62 bits per heavy atom. The molecule has 0 aliphatic heterocycles. The highest BCUT2D eigenvalue weighted by Crippen LogP contribution is 2.25. The highest BCUT2D eigenvalue weighted by Gasteiger charge is 2.16. The van der Waals surface area contributed by atoms with Gasteiger partial charge in [0.15, 0.2) is 0 Å². The average molecular weight is 347 g/mol. The molecule has 0 aromatic heterocycles. The van der Waals surface area contributed by atoms with E-state index in [9.17, 15) is 4.79 Å². The zero-order valence-electron chi connectivity index (χ0n) is 13.7. The van der Waals surface area contributed by atoms with Crippen LogP contribution in [0, 0.1) is 6.92 Å². The first kappa shape index (κ1) is 17.8. The molecule has 1 amide bonds. The van der Waals surface area contributed by atoms with Crippen molar-refractivity contribution in [2.45, 2.75) is 20.0 Å². The Labute approximate surface area is 146 Å². The number of nitrogens with one attached hydrogen (secondary N) is 1. The van der Waals surface area contributed by atoms with Crippen molar-refractivity contribution in [3.8, 4) is 5.75 Å². The van der Waals surface area contributed by atoms with Gasteiger partial charge in [0.05, 0.1) is 19.0 Å². The molecule has 0 saturated carbocycles. The number of hydrogen-bond donors (Lipinski definition) is 1. The fraction of sp³-hybridized carbons (Fsp3) is 0.222. The first-order chi connectivity index (χ1) is 11.5. The summed E-state index contributed by atoms with van der Waals surface area (Å²) in [4.78, 5) is 17.4. The first-order valence-corrected chi connectivity index (χ1v) is 7.77. The molecule has 1 atom stereocenters. The van der Waals surface area contributed by atoms with Crippen LogP contribution in [0.5, 0.6) is 5.75 Å². The molecule has 0 spiro atoms. The van der Waals surface area contributed by atoms with E-state index in [1.165, 1.54) is 6.21 Å². The Morgan fingerprint density at radius 2 is 1.96 bits per heavy atom. The Kier molecular flexibility index (Phi) is 6.21. The van der Waals surface area contributed by atoms with Crippen molar-refractivity contribution in [1.29, 1.82) is 0 Å². The summed E-state index contributed by atoms with van der Waals surface area (Å²) in [5, 5.41) is 7.26. The van der Waals surface area contributed by atoms with Gasteiger partial charge in [0.1, 0.15) is 5.75 Å². The fourth-order valence-electron chi connectivity index (χ4n) is 1.93. The van der Waals surface area contributed by atoms with E-state index in [2.05, 4.69) is 10.5 Å². The van der Waals surface area contributed by atoms with E-state index in [0.717, 1.165) is 11.1 Å². The maximum Gasteiger partial charge on any atom is 0.268 e. The van der Waals surface area contributed by atoms with Gasteiger partial charge in [0, 0.05) is 5.02 Å². The molecule has 0 bridgehead atoms. The standard InChI is InChI=1S/C18H19ClN2O3/c1-12-4-9-17(23-3)16(10-12)21-18(22)13(2)24-20-11-14-5-7-15(19)8-6-14/h4-11,13H,1-3H3,(H,21,22)/b20-11-/t13-/m0/s1. The van der Waals surface area contributed by atoms with Crippen LogP contribution in [0.2, 0.25) is 5.02 Å². The molecule has 24 heavy (non-hydrogen) atoms. The minimum Gasteiger partial charge on any atom is -0.495 e. The van der Waals surface area contributed by atoms with Gasteiger partial charge in [-0.05, 0) is 49.2 Å². The summed E-state index contributed by atoms with van der Waals surface area (Å²) in [6.45, 7) is 3.56. The number of carbonyl (C=O) groups excluding carboxylic acids is 1. The maximum absolute atomic E-state index is 12.2. The second kappa shape index (κ2) is 8.36. The molecule has 2 aromatic rings. The van der Waals surface area contributed by atoms with Crippen molar-refractivity contribution < 1.29 is 14.4 Å². The lowest BCUT2D eigenvalue weighted by Gasteiger charge is -2.13. The Balaban J connectivity index is 1.95. The van der Waals surface area contributed by atoms with Crippen LogP contribution >= 0.6 is 11.6 Å². The third-order valence-electron chi connectivity index (χ3n) is 3.27. The zero-order valence-corrected chi connectivity index (χ0v) is 14.5. The van der Waals surface area contributed by atoms with E-state index in [1.807, 2.05) is 19.1 Å². The van der Waals surface area contributed by atoms with Gasteiger partial charge in [-0.15, -0.1) is 0 Å². The van der Waals surface area contributed by atoms with Crippen LogP contribution in [0.15, 0.2) is 47.6 Å². The number of nitrogens with zero attached hydrogens (tertiary/aromatic N) is 1. The summed E-state index contributed by atoms with van der Waals surface area (Å²) in [5.74, 6) is 0.276. The molecule has 0 aliphatic carbocycles. The molecule has 0 unspecified atom stereocenters. The molecule has 1 N–H and O–H groups in total. The molecule has 5 nitrogen and oxygen atoms in total. The van der Waals surface area contributed by atoms with Crippen molar-refractivity contribution in [1.82, 2.24) is 0 Å². The normalized spacial score (nSPS) is 12.0. The van der Waals surface area contributed by atoms with Crippen LogP contribution < -0.4 is 10.1 Å². The lowest BCUT2D eigenvalue weighted by molar-refractivity contribution is -0.126. The summed E-state index contributed by atoms with van der Waals surface area (Å²) >= 11 is 5.81. The van der Waals surface area contributed by atoms with Crippen LogP contribution in [0.3, 0.4) is 0 Å². The monoisotopic (exact) mass is 346 g/mol. The van der Waals surface area contributed by atoms with E-state index < -0.39 is 6.10 Å². The topological polar surface area (TPSA) is 59.9 Å². The van der Waals surface area contributed by atoms with E-state index in [-0.39, 0.29) is 5.91 Å². The molecular weight excluding hydrogens is 328 g/mol. The van der Waals surface area contributed by atoms with Gasteiger partial charge in [-0.1, -0.05) is 35.0 Å². The van der Waals surface area contributed by atoms with Crippen LogP contribution in [-0.4, -0.2) is 25.3 Å². The molecule has 2 aromatic carbocycles. The molecular formula is C18H19ClN2O3. The molecule has 0 saturated heterocycles. The second-order valence-electron chi connectivity index (χ2n) is 5.23. The smallest absolute Gasteiger partial charge is 0.268 e. The quantitative estimate of drug-likeness (QED) is 0.634. The minimum atomic E-state index is -0.751. The van der Waals surface area contributed by atoms with Gasteiger partial charge in [-0.2, -0.15) is 0 Å². The number of halogens is 1. The van der Waals surface area contributed by atoms with Gasteiger partial charge in [-0.25, -0.2) is 0 Å². The van der Waals surface area contributed by atoms with Gasteiger partial charge in [-0.3, -0.25) is 4.79 Å². The summed E-state index contributed by atoms with van der Waals surface area (Å²) in [5.41, 5.74) is 2.44. The van der Waals surface area contributed by atoms with Crippen molar-refractivity contribution >= 4 is 29.4 Å². The average Bonchev–Trinajstić information content (AvgIpc) is 2.56. The number of ether oxygens (including phenoxy) is 1. The predicted molar refractivity (Wildman–Crippen MR) is 96.0 cm³/mol. The van der Waals surface area contributed by atoms with E-state index >= 15 is 0 Å². The van der Waals surface area contributed by atoms with Crippen molar-refractivity contribution in [3.05, 3.63) is 58.6 Å². The lowest BCUT2D eigenvalue weighted by atomic mass is 10.2. The van der Waals surface area contributed by atoms with Crippen LogP contribution in [0.4, 0.5) is 5.69 Å². The number of benzene rings is 2. The van der Waals surface area contributed by atoms with Crippen molar-refractivity contribution in [2.24, 2.45) is 5.16 Å². The number of anilines is 1. The maximum atomic E-state index is 12.2. The Bertz CT molecular complexity index is 730. The van der Waals surface area contributed by atoms with Gasteiger partial charge in [0.25, 0.3) is 5.91 Å². The number of methoxy groups -OCH3 is 1. The number of aryl methyl sites for hydroxylation is 1. The molecule has 0 fully saturated rings. The fourth-order valence-corrected chi connectivity index (χ4v) is 2.06. The Morgan fingerprint density at radius 1 is 1.25 bits per heavy atom. The number of amides is 1. The minimum absolute atomic E-state index is 0.313. The predicted octanol–water partition coefficient (Wildman–Crippen LogP) is 4.03. The number of hydrogen-bond acceptors (Lipinski definition) is 4. The third-order valence-corrected chi connectivity index (χ3v) is 3.52. The van der Waals surface area contributed by atoms with Crippen LogP contribution in [-0.2, 0) is 9.63 Å². The van der Waals surface area contributed by atoms with Crippen LogP contribution in [0.25, 0.3) is 0 Å². The van der Waals surface area contributed by atoms with Gasteiger partial charge >= 0.3 is 0 Å². The molecule has 6 heteroatoms. The van der Waals surface area contributed by atoms with Crippen molar-refractivity contribution in [2.75, 3.05) is 12.4 Å². The Hall–Kier alpha value is -2.53. The summed E-state index contributed by atoms with van der Waals surface area (Å²) in [6.07, 6.45) is 0.770. The third kappa shape index (κ3) is 4.99. The molecule has 126 valence electrons. The van der Waals surface area contributed by atoms with Gasteiger partial charge < -0.3 is 14.9 Å². The first-order valence-electron chi connectivity index (χ1n) is 7.40. The van der Waals surface area contributed by atoms with Gasteiger partial charge in [0.2, 0.25) is 6.10 Å². The molecule has 0 radical (unpaired) electrons. The highest BCUT2D eigenvalue weighted by atomic mass is 35.5.